The molecule has 1 aliphatic heterocycles. The van der Waals surface area contributed by atoms with Gasteiger partial charge in [-0.25, -0.2) is 13.8 Å². The second-order valence-electron chi connectivity index (χ2n) is 9.25. The number of hydrogen-bond donors (Lipinski definition) is 5. The Morgan fingerprint density at radius 2 is 1.87 bits per heavy atom. The molecule has 1 saturated heterocycles. The average molecular weight is 561 g/mol. The quantitative estimate of drug-likeness (QED) is 0.205. The number of aliphatic hydroxyl groups is 2. The number of aliphatic hydroxyl groups excluding tert-OH is 2. The summed E-state index contributed by atoms with van der Waals surface area (Å²) in [6, 6.07) is 5.34. The molecule has 0 aliphatic carbocycles. The van der Waals surface area contributed by atoms with Crippen molar-refractivity contribution in [3.05, 3.63) is 40.2 Å². The molecule has 0 saturated carbocycles. The highest BCUT2D eigenvalue weighted by atomic mass is 32.3. The van der Waals surface area contributed by atoms with Crippen LogP contribution >= 0.6 is 0 Å². The molecule has 210 valence electrons. The molecule has 1 aliphatic rings. The van der Waals surface area contributed by atoms with Crippen LogP contribution in [0.5, 0.6) is 5.75 Å². The Labute approximate surface area is 216 Å². The number of rotatable bonds is 8. The van der Waals surface area contributed by atoms with Crippen molar-refractivity contribution in [2.75, 3.05) is 13.2 Å². The highest BCUT2D eigenvalue weighted by molar-refractivity contribution is 7.80. The molecule has 1 aromatic heterocycles. The number of alkyl carbamates (subject to hydrolysis) is 1. The normalized spacial score (nSPS) is 22.1. The smallest absolute Gasteiger partial charge is 0.408 e. The molecule has 2 aromatic rings. The molecular weight excluding hydrogens is 532 g/mol. The van der Waals surface area contributed by atoms with Gasteiger partial charge in [-0.15, -0.1) is 0 Å². The maximum atomic E-state index is 12.1. The lowest BCUT2D eigenvalue weighted by Crippen LogP contribution is -2.56. The van der Waals surface area contributed by atoms with Crippen molar-refractivity contribution in [3.63, 3.8) is 0 Å². The van der Waals surface area contributed by atoms with Crippen LogP contribution in [0.2, 0.25) is 0 Å². The van der Waals surface area contributed by atoms with E-state index in [1.165, 1.54) is 24.3 Å². The topological polar surface area (TPSA) is 220 Å². The van der Waals surface area contributed by atoms with E-state index in [0.29, 0.717) is 10.9 Å². The first-order valence-corrected chi connectivity index (χ1v) is 12.6. The maximum Gasteiger partial charge on any atom is 0.408 e. The van der Waals surface area contributed by atoms with Crippen molar-refractivity contribution >= 4 is 33.4 Å². The van der Waals surface area contributed by atoms with E-state index in [2.05, 4.69) is 14.8 Å². The molecule has 2 heterocycles. The van der Waals surface area contributed by atoms with Crippen LogP contribution in [0.15, 0.2) is 33.5 Å². The lowest BCUT2D eigenvalue weighted by molar-refractivity contribution is -0.234. The summed E-state index contributed by atoms with van der Waals surface area (Å²) in [5, 5.41) is 25.1. The molecule has 2 unspecified atom stereocenters. The summed E-state index contributed by atoms with van der Waals surface area (Å²) < 4.78 is 56.7. The molecule has 1 aromatic carbocycles. The maximum absolute atomic E-state index is 12.1. The van der Waals surface area contributed by atoms with E-state index in [1.54, 1.807) is 20.8 Å². The molecule has 1 fully saturated rings. The van der Waals surface area contributed by atoms with Gasteiger partial charge in [-0.2, -0.15) is 8.42 Å². The van der Waals surface area contributed by atoms with Crippen LogP contribution in [0, 0.1) is 0 Å². The second-order valence-corrected chi connectivity index (χ2v) is 10.3. The van der Waals surface area contributed by atoms with E-state index < -0.39 is 64.8 Å². The van der Waals surface area contributed by atoms with E-state index in [0.717, 1.165) is 0 Å². The van der Waals surface area contributed by atoms with Gasteiger partial charge in [0, 0.05) is 24.1 Å². The van der Waals surface area contributed by atoms with Crippen LogP contribution < -0.4 is 21.0 Å². The molecule has 0 radical (unpaired) electrons. The van der Waals surface area contributed by atoms with Crippen molar-refractivity contribution in [2.24, 2.45) is 0 Å². The molecule has 0 bridgehead atoms. The molecule has 38 heavy (non-hydrogen) atoms. The number of hydrogen-bond acceptors (Lipinski definition) is 12. The number of amides is 2. The van der Waals surface area contributed by atoms with Gasteiger partial charge in [-0.1, -0.05) is 0 Å². The summed E-state index contributed by atoms with van der Waals surface area (Å²) in [5.41, 5.74) is -1.05. The zero-order valence-electron chi connectivity index (χ0n) is 20.6. The largest absolute Gasteiger partial charge is 0.462 e. The average Bonchev–Trinajstić information content (AvgIpc) is 2.78. The summed E-state index contributed by atoms with van der Waals surface area (Å²) >= 11 is 0. The summed E-state index contributed by atoms with van der Waals surface area (Å²) in [5.74, 6) is -0.543. The molecule has 16 heteroatoms. The Hall–Kier alpha value is -3.28. The van der Waals surface area contributed by atoms with Gasteiger partial charge in [0.15, 0.2) is 6.10 Å². The van der Waals surface area contributed by atoms with Gasteiger partial charge in [0.05, 0.1) is 6.61 Å². The first kappa shape index (κ1) is 29.3. The van der Waals surface area contributed by atoms with Gasteiger partial charge < -0.3 is 39.5 Å². The van der Waals surface area contributed by atoms with Crippen LogP contribution in [0.3, 0.4) is 0 Å². The van der Waals surface area contributed by atoms with Gasteiger partial charge in [0.2, 0.25) is 12.2 Å². The number of ether oxygens (including phenoxy) is 3. The summed E-state index contributed by atoms with van der Waals surface area (Å²) in [4.78, 5) is 35.9. The van der Waals surface area contributed by atoms with Gasteiger partial charge in [0.25, 0.3) is 0 Å². The standard InChI is InChI=1S/C22H28N2O13S/c1-22(2,3)36-21(29)24-9-16(26)23-8-11-6-17(27)35-15-7-12(4-5-13(11)15)34-20-19(37-38(30,31)32)18(28)14(25)10-33-20/h4-7,14,18-20,25,28H,8-10H2,1-3H3,(H,23,26)(H,24,29)(H,30,31,32)/t14-,18?,19+,20?/m1/s1. The fourth-order valence-electron chi connectivity index (χ4n) is 3.40. The first-order valence-electron chi connectivity index (χ1n) is 11.2. The van der Waals surface area contributed by atoms with E-state index in [4.69, 9.17) is 23.2 Å². The minimum atomic E-state index is -5.04. The fraction of sp³-hybridized carbons (Fsp3) is 0.500. The van der Waals surface area contributed by atoms with Crippen molar-refractivity contribution in [3.8, 4) is 5.75 Å². The minimum Gasteiger partial charge on any atom is -0.462 e. The van der Waals surface area contributed by atoms with Crippen molar-refractivity contribution in [1.29, 1.82) is 0 Å². The van der Waals surface area contributed by atoms with Crippen molar-refractivity contribution in [1.82, 2.24) is 10.6 Å². The monoisotopic (exact) mass is 560 g/mol. The predicted octanol–water partition coefficient (Wildman–Crippen LogP) is -0.421. The van der Waals surface area contributed by atoms with Gasteiger partial charge in [-0.3, -0.25) is 9.35 Å². The molecule has 3 rings (SSSR count). The summed E-state index contributed by atoms with van der Waals surface area (Å²) in [6.07, 6.45) is -7.42. The van der Waals surface area contributed by atoms with E-state index >= 15 is 0 Å². The zero-order valence-corrected chi connectivity index (χ0v) is 21.4. The molecule has 0 spiro atoms. The summed E-state index contributed by atoms with van der Waals surface area (Å²) in [6.45, 7) is 4.16. The Balaban J connectivity index is 1.71. The highest BCUT2D eigenvalue weighted by Crippen LogP contribution is 2.27. The van der Waals surface area contributed by atoms with Crippen LogP contribution in [0.1, 0.15) is 26.3 Å². The third-order valence-corrected chi connectivity index (χ3v) is 5.45. The van der Waals surface area contributed by atoms with E-state index in [-0.39, 0.29) is 24.4 Å². The lowest BCUT2D eigenvalue weighted by Gasteiger charge is -2.36. The molecule has 2 amide bonds. The predicted molar refractivity (Wildman–Crippen MR) is 127 cm³/mol. The Morgan fingerprint density at radius 1 is 1.16 bits per heavy atom. The molecular formula is C22H28N2O13S. The third-order valence-electron chi connectivity index (χ3n) is 4.99. The Bertz CT molecular complexity index is 1330. The number of nitrogens with one attached hydrogen (secondary N) is 2. The van der Waals surface area contributed by atoms with Crippen LogP contribution in [0.4, 0.5) is 4.79 Å². The van der Waals surface area contributed by atoms with Crippen LogP contribution in [-0.2, 0) is 35.4 Å². The van der Waals surface area contributed by atoms with Crippen LogP contribution in [0.25, 0.3) is 11.0 Å². The minimum absolute atomic E-state index is 0.000855. The molecule has 4 atom stereocenters. The Morgan fingerprint density at radius 3 is 2.53 bits per heavy atom. The third kappa shape index (κ3) is 8.37. The Kier molecular flexibility index (Phi) is 8.96. The van der Waals surface area contributed by atoms with Crippen molar-refractivity contribution < 1.29 is 55.6 Å². The zero-order chi connectivity index (χ0) is 28.3. The van der Waals surface area contributed by atoms with Gasteiger partial charge >= 0.3 is 22.1 Å². The lowest BCUT2D eigenvalue weighted by atomic mass is 10.1. The fourth-order valence-corrected chi connectivity index (χ4v) is 3.88. The van der Waals surface area contributed by atoms with E-state index in [9.17, 15) is 33.0 Å². The number of carbonyl (C=O) groups is 2. The highest BCUT2D eigenvalue weighted by Gasteiger charge is 2.44. The van der Waals surface area contributed by atoms with Gasteiger partial charge in [-0.05, 0) is 38.5 Å². The second kappa shape index (κ2) is 11.6. The first-order chi connectivity index (χ1) is 17.6. The molecule has 15 nitrogen and oxygen atoms in total. The van der Waals surface area contributed by atoms with Crippen molar-refractivity contribution in [2.45, 2.75) is 57.5 Å². The molecule has 5 N–H and O–H groups in total. The number of benzene rings is 1. The SMILES string of the molecule is CC(C)(C)OC(=O)NCC(=O)NCc1cc(=O)oc2cc(OC3OC[C@@H](O)C(O)[C@@H]3OS(=O)(=O)O)ccc12. The van der Waals surface area contributed by atoms with Crippen LogP contribution in [-0.4, -0.2) is 78.5 Å². The number of fused-ring (bicyclic) bond motifs is 1. The number of carbonyl (C=O) groups excluding carboxylic acids is 2. The van der Waals surface area contributed by atoms with Gasteiger partial charge in [0.1, 0.15) is 35.7 Å². The van der Waals surface area contributed by atoms with E-state index in [1.807, 2.05) is 0 Å². The summed E-state index contributed by atoms with van der Waals surface area (Å²) in [7, 11) is -5.04.